The van der Waals surface area contributed by atoms with E-state index in [-0.39, 0.29) is 117 Å². The predicted octanol–water partition coefficient (Wildman–Crippen LogP) is 2.71. The number of aliphatic carboxylic acids is 3. The number of nitrogens with one attached hydrogen (secondary N) is 4. The van der Waals surface area contributed by atoms with E-state index in [1.165, 1.54) is 0 Å². The predicted molar refractivity (Wildman–Crippen MR) is 450 cm³/mol. The number of benzene rings is 3. The lowest BCUT2D eigenvalue weighted by molar-refractivity contribution is -0.532. The quantitative estimate of drug-likeness (QED) is 0.00666. The minimum atomic E-state index is -5.08. The number of pyridine rings is 2. The van der Waals surface area contributed by atoms with Crippen LogP contribution in [0.2, 0.25) is 0 Å². The topological polar surface area (TPSA) is 577 Å². The van der Waals surface area contributed by atoms with Crippen LogP contribution in [0.1, 0.15) is 107 Å². The Labute approximate surface area is 738 Å². The molecule has 41 nitrogen and oxygen atoms in total. The van der Waals surface area contributed by atoms with Gasteiger partial charge in [-0.25, -0.2) is 33.6 Å². The van der Waals surface area contributed by atoms with Crippen molar-refractivity contribution in [2.75, 3.05) is 104 Å². The fourth-order valence-electron chi connectivity index (χ4n) is 11.7. The van der Waals surface area contributed by atoms with E-state index in [0.717, 1.165) is 33.7 Å². The Kier molecular flexibility index (Phi) is 40.3. The summed E-state index contributed by atoms with van der Waals surface area (Å²) in [7, 11) is 0. The number of halogens is 6. The van der Waals surface area contributed by atoms with Crippen LogP contribution >= 0.6 is 0 Å². The lowest BCUT2D eigenvalue weighted by atomic mass is 9.80. The van der Waals surface area contributed by atoms with Crippen LogP contribution in [0.3, 0.4) is 0 Å². The van der Waals surface area contributed by atoms with Crippen molar-refractivity contribution >= 4 is 76.2 Å². The fourth-order valence-corrected chi connectivity index (χ4v) is 11.7. The second kappa shape index (κ2) is 51.9. The van der Waals surface area contributed by atoms with Crippen molar-refractivity contribution in [2.24, 2.45) is 32.9 Å². The summed E-state index contributed by atoms with van der Waals surface area (Å²) < 4.78 is 104. The van der Waals surface area contributed by atoms with Crippen LogP contribution in [0.15, 0.2) is 179 Å². The highest BCUT2D eigenvalue weighted by Crippen LogP contribution is 2.38. The van der Waals surface area contributed by atoms with Gasteiger partial charge in [-0.3, -0.25) is 43.3 Å². The summed E-state index contributed by atoms with van der Waals surface area (Å²) in [6, 6.07) is 31.6. The number of ketones is 1. The zero-order valence-corrected chi connectivity index (χ0v) is 70.3. The number of anilines is 1. The molecule has 0 saturated heterocycles. The van der Waals surface area contributed by atoms with Crippen LogP contribution in [-0.4, -0.2) is 251 Å². The van der Waals surface area contributed by atoms with Gasteiger partial charge in [-0.1, -0.05) is 94.2 Å². The maximum atomic E-state index is 13.6. The second-order valence-electron chi connectivity index (χ2n) is 27.9. The smallest absolute Gasteiger partial charge is 0.490 e. The van der Waals surface area contributed by atoms with Crippen molar-refractivity contribution in [1.29, 1.82) is 0 Å². The van der Waals surface area contributed by atoms with Gasteiger partial charge in [0.2, 0.25) is 0 Å². The van der Waals surface area contributed by atoms with Crippen LogP contribution in [0.25, 0.3) is 5.57 Å². The molecule has 6 aliphatic rings. The maximum absolute atomic E-state index is 13.6. The number of carboxylic acids is 3. The number of guanidine groups is 2. The number of carboxylic acid groups (broad SMARTS) is 3. The molecule has 9 heterocycles. The highest BCUT2D eigenvalue weighted by atomic mass is 19.4. The third kappa shape index (κ3) is 35.0. The average molecular weight is 1820 g/mol. The van der Waals surface area contributed by atoms with Crippen molar-refractivity contribution in [3.05, 3.63) is 237 Å². The number of ether oxygens (including phenoxy) is 6. The largest absolute Gasteiger partial charge is 0.871 e. The number of nitrogens with two attached hydrogens (primary N) is 4. The molecule has 0 spiro atoms. The number of nitrogens with zero attached hydrogens (tertiary/aromatic N) is 15. The Balaban J connectivity index is 0.000000318. The lowest BCUT2D eigenvalue weighted by Gasteiger charge is -2.32. The number of carbonyl (C=O) groups excluding carboxylic acids is 5. The van der Waals surface area contributed by atoms with E-state index in [4.69, 9.17) is 76.3 Å². The van der Waals surface area contributed by atoms with Gasteiger partial charge in [0, 0.05) is 94.4 Å². The monoisotopic (exact) mass is 1820 g/mol. The van der Waals surface area contributed by atoms with Crippen LogP contribution in [0.4, 0.5) is 32.0 Å². The second-order valence-corrected chi connectivity index (χ2v) is 27.9. The van der Waals surface area contributed by atoms with E-state index in [1.54, 1.807) is 74.7 Å². The molecule has 8 aromatic rings. The zero-order chi connectivity index (χ0) is 94.0. The highest BCUT2D eigenvalue weighted by molar-refractivity contribution is 6.39. The zero-order valence-electron chi connectivity index (χ0n) is 70.3. The Morgan fingerprint density at radius 2 is 0.862 bits per heavy atom. The Morgan fingerprint density at radius 1 is 0.492 bits per heavy atom. The first kappa shape index (κ1) is 101. The van der Waals surface area contributed by atoms with Crippen molar-refractivity contribution < 1.29 is 118 Å². The van der Waals surface area contributed by atoms with E-state index in [2.05, 4.69) is 81.6 Å². The van der Waals surface area contributed by atoms with Crippen LogP contribution in [0.5, 0.6) is 0 Å². The van der Waals surface area contributed by atoms with E-state index < -0.39 is 53.9 Å². The summed E-state index contributed by atoms with van der Waals surface area (Å²) in [6.07, 6.45) is 4.06. The van der Waals surface area contributed by atoms with Gasteiger partial charge in [0.25, 0.3) is 23.6 Å². The molecule has 694 valence electrons. The lowest BCUT2D eigenvalue weighted by Crippen LogP contribution is -2.31. The number of carbonyl (C=O) groups is 8. The van der Waals surface area contributed by atoms with Crippen LogP contribution < -0.4 is 54.2 Å². The van der Waals surface area contributed by atoms with Crippen LogP contribution in [-0.2, 0) is 113 Å². The normalized spacial score (nSPS) is 13.4. The van der Waals surface area contributed by atoms with Gasteiger partial charge in [-0.05, 0) is 102 Å². The van der Waals surface area contributed by atoms with E-state index in [0.29, 0.717) is 146 Å². The Bertz CT molecular complexity index is 5000. The van der Waals surface area contributed by atoms with Crippen LogP contribution in [0, 0.1) is 0 Å². The minimum Gasteiger partial charge on any atom is -0.871 e. The summed E-state index contributed by atoms with van der Waals surface area (Å²) in [5.74, 6) is -8.62. The summed E-state index contributed by atoms with van der Waals surface area (Å²) in [4.78, 5) is 111. The van der Waals surface area contributed by atoms with Crippen molar-refractivity contribution in [2.45, 2.75) is 97.8 Å². The number of aromatic nitrogens is 11. The standard InChI is InChI=1S/C49H69N17O10.C30H26N6O4.2C2HF3O2/c1-2-62(17-21-73-34-40-31-66(61-58-40)20-24-71-25-26-72-27-28-76-35-43(67)68)41-9-5-36(6-10-41)44-46(69)45(47(44)70)37-7-11-42(12-8-37)63(18-22-74-32-38-29-64(59-56-38)15-3-13-54-48(50)51)19-23-75-33-39-30-65(60-57-39)16-4-14-55-49(52)53;37-27-23-3-1-4-24(35-23)28(38)32-16-20-9-13-22(14-10-20)18-34-30(40)26-6-2-5-25(36-26)29(39)33-17-21-11-7-19(8-12-21)15-31-27;2*3-2(4,5)1(6)7/h5-12,29-31H,2-4,13-28,32-35H2,1H3,(H9-,50,51,52,53,54,55,67,68,69,70);1-14H,15-18H2,(H,31,37)(H,32,38)(H,33,39)(H,34,40);2*(H,6,7). The van der Waals surface area contributed by atoms with Gasteiger partial charge < -0.3 is 97.9 Å². The maximum Gasteiger partial charge on any atom is 0.490 e. The molecule has 8 bridgehead atoms. The number of aliphatic imine (C=N–C) groups is 2. The van der Waals surface area contributed by atoms with Crippen molar-refractivity contribution in [3.63, 3.8) is 0 Å². The van der Waals surface area contributed by atoms with Gasteiger partial charge in [0.05, 0.1) is 84.6 Å². The van der Waals surface area contributed by atoms with Crippen molar-refractivity contribution in [3.8, 4) is 0 Å². The van der Waals surface area contributed by atoms with Gasteiger partial charge >= 0.3 is 30.3 Å². The molecule has 4 aliphatic heterocycles. The summed E-state index contributed by atoms with van der Waals surface area (Å²) >= 11 is 0. The molecule has 0 radical (unpaired) electrons. The molecule has 0 saturated carbocycles. The van der Waals surface area contributed by atoms with Gasteiger partial charge in [0.15, 0.2) is 36.5 Å². The molecule has 130 heavy (non-hydrogen) atoms. The van der Waals surface area contributed by atoms with E-state index >= 15 is 0 Å². The molecule has 47 heteroatoms. The molecule has 3 aromatic carbocycles. The molecule has 5 aromatic heterocycles. The number of hydrogen-bond acceptors (Lipinski definition) is 26. The molecule has 4 amide bonds. The number of aryl methyl sites for hydroxylation is 2. The average Bonchev–Trinajstić information content (AvgIpc) is 0.894. The Hall–Kier alpha value is -14.6. The van der Waals surface area contributed by atoms with E-state index in [9.17, 15) is 60.2 Å². The third-order valence-electron chi connectivity index (χ3n) is 18.2. The Morgan fingerprint density at radius 3 is 1.22 bits per heavy atom. The molecule has 15 N–H and O–H groups in total. The molecule has 0 fully saturated rings. The highest BCUT2D eigenvalue weighted by Gasteiger charge is 2.39. The first-order valence-corrected chi connectivity index (χ1v) is 40.1. The number of alkyl halides is 6. The number of amides is 4. The minimum absolute atomic E-state index is 0.0519. The SMILES string of the molecule is CCN(CCOCc1cn(CCOCCOCCOCC(=O)O)nn1)c1ccc(C2=C([O-])C(=C3C=CC(=[N+](CCOCc4cn(CCCN=C(N)N)nn4)CCOCc4cn(CCCN=C(N)N)nn4)C=C3)C2=O)cc1.O=C(O)C(F)(F)F.O=C(O)C(F)(F)F.O=C1NCc2ccc(cc2)CNC(=O)c2cccc(n2)C(=O)NCc2ccc(cc2)CNC(=O)c2cccc1n2. The summed E-state index contributed by atoms with van der Waals surface area (Å²) in [5.41, 5.74) is 30.9. The summed E-state index contributed by atoms with van der Waals surface area (Å²) in [5, 5.41) is 72.7. The molecular weight excluding hydrogens is 1720 g/mol. The molecule has 0 unspecified atom stereocenters. The summed E-state index contributed by atoms with van der Waals surface area (Å²) in [6.45, 7) is 11.4. The number of rotatable bonds is 37. The van der Waals surface area contributed by atoms with E-state index in [1.807, 2.05) is 98.3 Å². The van der Waals surface area contributed by atoms with Crippen molar-refractivity contribution in [1.82, 2.24) is 76.2 Å². The first-order chi connectivity index (χ1) is 62.3. The van der Waals surface area contributed by atoms with Gasteiger partial charge in [0.1, 0.15) is 59.7 Å². The molecule has 0 atom stereocenters. The first-order valence-electron chi connectivity index (χ1n) is 40.1. The van der Waals surface area contributed by atoms with Gasteiger partial charge in [-0.15, -0.1) is 15.3 Å². The number of likely N-dealkylation sites (N-methyl/N-ethyl adjacent to an activating group) is 1. The fraction of sp³-hybridized carbons (Fsp3) is 0.361. The molecular formula is C83H97F6N23O18. The third-order valence-corrected chi connectivity index (χ3v) is 18.2. The van der Waals surface area contributed by atoms with Gasteiger partial charge in [-0.2, -0.15) is 26.3 Å². The molecule has 14 rings (SSSR count). The number of Topliss-reactive ketones (excluding diaryl/α,β-unsaturated/α-hetero) is 1. The molecule has 2 aliphatic carbocycles. The number of hydrogen-bond donors (Lipinski definition) is 11. The number of allylic oxidation sites excluding steroid dienone is 7.